The molecule has 6 nitrogen and oxygen atoms in total. The molecule has 1 fully saturated rings. The monoisotopic (exact) mass is 515 g/mol. The van der Waals surface area contributed by atoms with Crippen molar-refractivity contribution in [3.63, 3.8) is 0 Å². The number of pyridine rings is 1. The van der Waals surface area contributed by atoms with Crippen LogP contribution in [-0.2, 0) is 0 Å². The number of anilines is 1. The fourth-order valence-electron chi connectivity index (χ4n) is 3.76. The SMILES string of the molecule is COc1ccc(C(=O)N2CCN(c3ncccc3Cl)CC2)cc1C#Cc1cccc(OC(F)(F)F)c1. The lowest BCUT2D eigenvalue weighted by Crippen LogP contribution is -2.49. The van der Waals surface area contributed by atoms with Crippen LogP contribution in [0.2, 0.25) is 5.02 Å². The number of hydrogen-bond donors (Lipinski definition) is 0. The molecule has 0 unspecified atom stereocenters. The summed E-state index contributed by atoms with van der Waals surface area (Å²) in [7, 11) is 1.47. The summed E-state index contributed by atoms with van der Waals surface area (Å²) >= 11 is 6.24. The van der Waals surface area contributed by atoms with E-state index in [2.05, 4.69) is 21.6 Å². The maximum atomic E-state index is 13.2. The van der Waals surface area contributed by atoms with Crippen molar-refractivity contribution >= 4 is 23.3 Å². The third kappa shape index (κ3) is 6.20. The molecule has 36 heavy (non-hydrogen) atoms. The van der Waals surface area contributed by atoms with Crippen LogP contribution in [0.25, 0.3) is 0 Å². The smallest absolute Gasteiger partial charge is 0.495 e. The maximum absolute atomic E-state index is 13.2. The number of amides is 1. The Labute approximate surface area is 211 Å². The van der Waals surface area contributed by atoms with Crippen molar-refractivity contribution in [3.05, 3.63) is 82.5 Å². The Bertz CT molecular complexity index is 1310. The average molecular weight is 516 g/mol. The van der Waals surface area contributed by atoms with Gasteiger partial charge < -0.3 is 19.3 Å². The summed E-state index contributed by atoms with van der Waals surface area (Å²) in [4.78, 5) is 21.3. The Hall–Kier alpha value is -3.90. The lowest BCUT2D eigenvalue weighted by atomic mass is 10.1. The first-order valence-corrected chi connectivity index (χ1v) is 11.3. The molecule has 0 atom stereocenters. The molecule has 0 N–H and O–H groups in total. The maximum Gasteiger partial charge on any atom is 0.573 e. The zero-order valence-electron chi connectivity index (χ0n) is 19.2. The summed E-state index contributed by atoms with van der Waals surface area (Å²) in [5, 5.41) is 0.561. The van der Waals surface area contributed by atoms with E-state index in [4.69, 9.17) is 16.3 Å². The predicted octanol–water partition coefficient (Wildman–Crippen LogP) is 5.00. The van der Waals surface area contributed by atoms with E-state index >= 15 is 0 Å². The van der Waals surface area contributed by atoms with Gasteiger partial charge in [-0.25, -0.2) is 4.98 Å². The van der Waals surface area contributed by atoms with Crippen molar-refractivity contribution in [1.82, 2.24) is 9.88 Å². The minimum absolute atomic E-state index is 0.159. The highest BCUT2D eigenvalue weighted by molar-refractivity contribution is 6.32. The van der Waals surface area contributed by atoms with Crippen molar-refractivity contribution in [2.75, 3.05) is 38.2 Å². The molecular weight excluding hydrogens is 495 g/mol. The Morgan fingerprint density at radius 1 is 1.03 bits per heavy atom. The number of carbonyl (C=O) groups is 1. The number of halogens is 4. The normalized spacial score (nSPS) is 13.6. The minimum Gasteiger partial charge on any atom is -0.495 e. The quantitative estimate of drug-likeness (QED) is 0.458. The number of alkyl halides is 3. The highest BCUT2D eigenvalue weighted by Gasteiger charge is 2.31. The molecule has 4 rings (SSSR count). The molecule has 1 aliphatic rings. The summed E-state index contributed by atoms with van der Waals surface area (Å²) in [5.74, 6) is 6.31. The minimum atomic E-state index is -4.79. The number of piperazine rings is 1. The number of rotatable bonds is 4. The van der Waals surface area contributed by atoms with E-state index < -0.39 is 6.36 Å². The standard InChI is InChI=1S/C26H21ClF3N3O3/c1-35-23-10-9-20(17-19(23)8-7-18-4-2-5-21(16-18)36-26(28,29)30)25(34)33-14-12-32(13-15-33)24-22(27)6-3-11-31-24/h2-6,9-11,16-17H,12-15H2,1H3. The summed E-state index contributed by atoms with van der Waals surface area (Å²) in [5.41, 5.74) is 1.18. The van der Waals surface area contributed by atoms with Crippen LogP contribution in [0.15, 0.2) is 60.8 Å². The summed E-state index contributed by atoms with van der Waals surface area (Å²) in [6, 6.07) is 13.8. The van der Waals surface area contributed by atoms with Gasteiger partial charge in [0, 0.05) is 43.5 Å². The largest absolute Gasteiger partial charge is 0.573 e. The first-order valence-electron chi connectivity index (χ1n) is 10.9. The fourth-order valence-corrected chi connectivity index (χ4v) is 4.00. The number of methoxy groups -OCH3 is 1. The molecular formula is C26H21ClF3N3O3. The van der Waals surface area contributed by atoms with Crippen LogP contribution in [0, 0.1) is 11.8 Å². The van der Waals surface area contributed by atoms with Gasteiger partial charge in [0.2, 0.25) is 0 Å². The molecule has 0 saturated carbocycles. The van der Waals surface area contributed by atoms with Gasteiger partial charge in [-0.05, 0) is 48.5 Å². The molecule has 0 aliphatic carbocycles. The zero-order chi connectivity index (χ0) is 25.7. The Morgan fingerprint density at radius 3 is 2.50 bits per heavy atom. The number of benzene rings is 2. The van der Waals surface area contributed by atoms with E-state index in [1.54, 1.807) is 47.5 Å². The number of hydrogen-bond acceptors (Lipinski definition) is 5. The van der Waals surface area contributed by atoms with Crippen LogP contribution in [0.1, 0.15) is 21.5 Å². The van der Waals surface area contributed by atoms with E-state index in [-0.39, 0.29) is 11.7 Å². The molecule has 0 radical (unpaired) electrons. The van der Waals surface area contributed by atoms with Gasteiger partial charge in [-0.15, -0.1) is 13.2 Å². The molecule has 1 amide bonds. The number of nitrogens with zero attached hydrogens (tertiary/aromatic N) is 3. The van der Waals surface area contributed by atoms with Crippen molar-refractivity contribution in [2.45, 2.75) is 6.36 Å². The van der Waals surface area contributed by atoms with Gasteiger partial charge in [0.1, 0.15) is 17.3 Å². The third-order valence-electron chi connectivity index (χ3n) is 5.46. The van der Waals surface area contributed by atoms with E-state index in [1.807, 2.05) is 4.90 Å². The Kier molecular flexibility index (Phi) is 7.55. The fraction of sp³-hybridized carbons (Fsp3) is 0.231. The molecule has 0 spiro atoms. The molecule has 0 bridgehead atoms. The van der Waals surface area contributed by atoms with E-state index in [9.17, 15) is 18.0 Å². The highest BCUT2D eigenvalue weighted by Crippen LogP contribution is 2.26. The van der Waals surface area contributed by atoms with Crippen molar-refractivity contribution in [2.24, 2.45) is 0 Å². The van der Waals surface area contributed by atoms with Crippen LogP contribution in [0.4, 0.5) is 19.0 Å². The second-order valence-electron chi connectivity index (χ2n) is 7.83. The second kappa shape index (κ2) is 10.8. The van der Waals surface area contributed by atoms with Gasteiger partial charge >= 0.3 is 6.36 Å². The molecule has 10 heteroatoms. The van der Waals surface area contributed by atoms with Gasteiger partial charge in [-0.3, -0.25) is 4.79 Å². The van der Waals surface area contributed by atoms with Gasteiger partial charge in [0.05, 0.1) is 17.7 Å². The average Bonchev–Trinajstić information content (AvgIpc) is 2.86. The lowest BCUT2D eigenvalue weighted by molar-refractivity contribution is -0.274. The molecule has 186 valence electrons. The zero-order valence-corrected chi connectivity index (χ0v) is 19.9. The number of aromatic nitrogens is 1. The van der Waals surface area contributed by atoms with Crippen LogP contribution in [0.5, 0.6) is 11.5 Å². The molecule has 3 aromatic rings. The van der Waals surface area contributed by atoms with Gasteiger partial charge in [-0.2, -0.15) is 0 Å². The predicted molar refractivity (Wildman–Crippen MR) is 129 cm³/mol. The van der Waals surface area contributed by atoms with Gasteiger partial charge in [0.15, 0.2) is 0 Å². The molecule has 1 aliphatic heterocycles. The molecule has 1 saturated heterocycles. The number of ether oxygens (including phenoxy) is 2. The second-order valence-corrected chi connectivity index (χ2v) is 8.24. The first-order chi connectivity index (χ1) is 17.2. The lowest BCUT2D eigenvalue weighted by Gasteiger charge is -2.35. The van der Waals surface area contributed by atoms with Crippen molar-refractivity contribution in [1.29, 1.82) is 0 Å². The molecule has 2 heterocycles. The summed E-state index contributed by atoms with van der Waals surface area (Å²) < 4.78 is 46.8. The van der Waals surface area contributed by atoms with E-state index in [0.717, 1.165) is 0 Å². The van der Waals surface area contributed by atoms with Crippen LogP contribution >= 0.6 is 11.6 Å². The van der Waals surface area contributed by atoms with Gasteiger partial charge in [0.25, 0.3) is 5.91 Å². The Balaban J connectivity index is 1.49. The van der Waals surface area contributed by atoms with Crippen molar-refractivity contribution in [3.8, 4) is 23.3 Å². The first kappa shape index (κ1) is 25.2. The topological polar surface area (TPSA) is 54.9 Å². The van der Waals surface area contributed by atoms with Crippen LogP contribution in [-0.4, -0.2) is 55.4 Å². The Morgan fingerprint density at radius 2 is 1.81 bits per heavy atom. The summed E-state index contributed by atoms with van der Waals surface area (Å²) in [6.07, 6.45) is -3.11. The van der Waals surface area contributed by atoms with Gasteiger partial charge in [-0.1, -0.05) is 29.5 Å². The van der Waals surface area contributed by atoms with E-state index in [0.29, 0.717) is 59.5 Å². The van der Waals surface area contributed by atoms with Crippen molar-refractivity contribution < 1.29 is 27.4 Å². The van der Waals surface area contributed by atoms with Crippen LogP contribution < -0.4 is 14.4 Å². The molecule has 2 aromatic carbocycles. The number of carbonyl (C=O) groups excluding carboxylic acids is 1. The third-order valence-corrected chi connectivity index (χ3v) is 5.76. The molecule has 1 aromatic heterocycles. The van der Waals surface area contributed by atoms with E-state index in [1.165, 1.54) is 25.3 Å². The highest BCUT2D eigenvalue weighted by atomic mass is 35.5. The van der Waals surface area contributed by atoms with Crippen LogP contribution in [0.3, 0.4) is 0 Å². The summed E-state index contributed by atoms with van der Waals surface area (Å²) in [6.45, 7) is 2.15.